The lowest BCUT2D eigenvalue weighted by Gasteiger charge is -2.60. The molecule has 4 atom stereocenters. The Hall–Kier alpha value is -0.0400. The van der Waals surface area contributed by atoms with E-state index >= 15 is 0 Å². The molecule has 0 aromatic rings. The second kappa shape index (κ2) is 3.98. The largest absolute Gasteiger partial charge is 0.375 e. The first-order valence-corrected chi connectivity index (χ1v) is 8.09. The fourth-order valence-corrected chi connectivity index (χ4v) is 6.14. The molecule has 1 heterocycles. The predicted octanol–water partition coefficient (Wildman–Crippen LogP) is 4.80. The van der Waals surface area contributed by atoms with E-state index in [-0.39, 0.29) is 5.60 Å². The Balaban J connectivity index is 1.98. The second-order valence-electron chi connectivity index (χ2n) is 8.05. The van der Waals surface area contributed by atoms with Crippen LogP contribution < -0.4 is 0 Å². The number of hydrogen-bond acceptors (Lipinski definition) is 1. The highest BCUT2D eigenvalue weighted by Crippen LogP contribution is 2.65. The van der Waals surface area contributed by atoms with Crippen LogP contribution in [0.3, 0.4) is 0 Å². The number of hydrogen-bond donors (Lipinski definition) is 0. The van der Waals surface area contributed by atoms with Gasteiger partial charge in [-0.3, -0.25) is 0 Å². The first-order valence-electron chi connectivity index (χ1n) is 8.09. The molecule has 18 heavy (non-hydrogen) atoms. The lowest BCUT2D eigenvalue weighted by atomic mass is 9.45. The summed E-state index contributed by atoms with van der Waals surface area (Å²) in [6, 6.07) is 0. The van der Waals surface area contributed by atoms with Crippen LogP contribution in [0.4, 0.5) is 0 Å². The summed E-state index contributed by atoms with van der Waals surface area (Å²) < 4.78 is 6.28. The van der Waals surface area contributed by atoms with Crippen LogP contribution in [0.15, 0.2) is 0 Å². The van der Waals surface area contributed by atoms with E-state index in [1.165, 1.54) is 44.9 Å². The summed E-state index contributed by atoms with van der Waals surface area (Å²) in [5.74, 6) is 1.75. The molecule has 1 aliphatic heterocycles. The fourth-order valence-electron chi connectivity index (χ4n) is 6.14. The van der Waals surface area contributed by atoms with Crippen molar-refractivity contribution in [2.75, 3.05) is 6.61 Å². The van der Waals surface area contributed by atoms with Crippen molar-refractivity contribution in [3.05, 3.63) is 0 Å². The summed E-state index contributed by atoms with van der Waals surface area (Å²) in [4.78, 5) is 0. The predicted molar refractivity (Wildman–Crippen MR) is 75.5 cm³/mol. The van der Waals surface area contributed by atoms with E-state index in [2.05, 4.69) is 27.7 Å². The van der Waals surface area contributed by atoms with E-state index < -0.39 is 0 Å². The van der Waals surface area contributed by atoms with E-state index in [1.807, 2.05) is 0 Å². The zero-order chi connectivity index (χ0) is 13.0. The lowest BCUT2D eigenvalue weighted by Crippen LogP contribution is -2.56. The van der Waals surface area contributed by atoms with Crippen LogP contribution in [0, 0.1) is 22.7 Å². The maximum Gasteiger partial charge on any atom is 0.0714 e. The van der Waals surface area contributed by atoms with Crippen molar-refractivity contribution in [3.63, 3.8) is 0 Å². The Morgan fingerprint density at radius 2 is 1.78 bits per heavy atom. The third-order valence-electron chi connectivity index (χ3n) is 6.96. The molecule has 3 rings (SSSR count). The molecule has 1 nitrogen and oxygen atoms in total. The van der Waals surface area contributed by atoms with Crippen molar-refractivity contribution >= 4 is 0 Å². The molecule has 2 aliphatic carbocycles. The normalized spacial score (nSPS) is 50.7. The molecule has 0 N–H and O–H groups in total. The maximum atomic E-state index is 6.28. The van der Waals surface area contributed by atoms with Crippen molar-refractivity contribution in [1.82, 2.24) is 0 Å². The molecule has 0 radical (unpaired) electrons. The summed E-state index contributed by atoms with van der Waals surface area (Å²) in [6.45, 7) is 11.0. The van der Waals surface area contributed by atoms with Crippen molar-refractivity contribution < 1.29 is 4.74 Å². The molecule has 3 fully saturated rings. The molecule has 0 aromatic carbocycles. The Morgan fingerprint density at radius 1 is 1.00 bits per heavy atom. The van der Waals surface area contributed by atoms with Crippen LogP contribution in [0.2, 0.25) is 0 Å². The molecule has 1 heteroatoms. The van der Waals surface area contributed by atoms with Gasteiger partial charge in [0.25, 0.3) is 0 Å². The molecule has 3 aliphatic rings. The highest BCUT2D eigenvalue weighted by Gasteiger charge is 2.61. The first kappa shape index (κ1) is 13.0. The van der Waals surface area contributed by atoms with Crippen LogP contribution in [0.1, 0.15) is 72.6 Å². The van der Waals surface area contributed by atoms with Crippen LogP contribution in [-0.4, -0.2) is 12.2 Å². The Labute approximate surface area is 113 Å². The summed E-state index contributed by atoms with van der Waals surface area (Å²) >= 11 is 0. The average Bonchev–Trinajstić information content (AvgIpc) is 2.73. The SMILES string of the molecule is CC[C@@]12CC[C@H]3C(C)(C)CCCC3(C)[C@@H]1CCO2. The number of rotatable bonds is 1. The molecule has 104 valence electrons. The zero-order valence-corrected chi connectivity index (χ0v) is 12.7. The van der Waals surface area contributed by atoms with E-state index in [9.17, 15) is 0 Å². The van der Waals surface area contributed by atoms with Crippen molar-refractivity contribution in [2.45, 2.75) is 78.2 Å². The van der Waals surface area contributed by atoms with Crippen LogP contribution in [-0.2, 0) is 4.74 Å². The first-order chi connectivity index (χ1) is 8.45. The lowest BCUT2D eigenvalue weighted by molar-refractivity contribution is -0.156. The molecule has 1 saturated heterocycles. The van der Waals surface area contributed by atoms with Crippen LogP contribution in [0.5, 0.6) is 0 Å². The minimum Gasteiger partial charge on any atom is -0.375 e. The van der Waals surface area contributed by atoms with Gasteiger partial charge in [0.05, 0.1) is 5.60 Å². The van der Waals surface area contributed by atoms with E-state index in [0.717, 1.165) is 18.4 Å². The Morgan fingerprint density at radius 3 is 2.50 bits per heavy atom. The molecule has 0 amide bonds. The number of ether oxygens (including phenoxy) is 1. The van der Waals surface area contributed by atoms with Gasteiger partial charge in [0.1, 0.15) is 0 Å². The third-order valence-corrected chi connectivity index (χ3v) is 6.96. The van der Waals surface area contributed by atoms with Gasteiger partial charge in [-0.05, 0) is 61.2 Å². The minimum absolute atomic E-state index is 0.249. The summed E-state index contributed by atoms with van der Waals surface area (Å²) in [5, 5.41) is 0. The van der Waals surface area contributed by atoms with Gasteiger partial charge >= 0.3 is 0 Å². The monoisotopic (exact) mass is 250 g/mol. The van der Waals surface area contributed by atoms with Gasteiger partial charge in [-0.15, -0.1) is 0 Å². The highest BCUT2D eigenvalue weighted by molar-refractivity contribution is 5.10. The molecular weight excluding hydrogens is 220 g/mol. The Kier molecular flexibility index (Phi) is 2.86. The average molecular weight is 250 g/mol. The molecular formula is C17H30O. The standard InChI is InChI=1S/C17H30O/c1-5-17-11-7-13-15(2,3)9-6-10-16(13,4)14(17)8-12-18-17/h13-14H,5-12H2,1-4H3/t13-,14-,16?,17+/m0/s1. The smallest absolute Gasteiger partial charge is 0.0714 e. The molecule has 0 bridgehead atoms. The molecule has 0 spiro atoms. The van der Waals surface area contributed by atoms with Crippen molar-refractivity contribution in [1.29, 1.82) is 0 Å². The number of fused-ring (bicyclic) bond motifs is 3. The van der Waals surface area contributed by atoms with Crippen molar-refractivity contribution in [2.24, 2.45) is 22.7 Å². The molecule has 2 saturated carbocycles. The molecule has 0 aromatic heterocycles. The van der Waals surface area contributed by atoms with Gasteiger partial charge in [-0.1, -0.05) is 34.1 Å². The minimum atomic E-state index is 0.249. The molecule has 1 unspecified atom stereocenters. The highest BCUT2D eigenvalue weighted by atomic mass is 16.5. The van der Waals surface area contributed by atoms with Gasteiger partial charge in [0.15, 0.2) is 0 Å². The van der Waals surface area contributed by atoms with E-state index in [4.69, 9.17) is 4.74 Å². The summed E-state index contributed by atoms with van der Waals surface area (Å²) in [6.07, 6.45) is 9.55. The van der Waals surface area contributed by atoms with Crippen LogP contribution in [0.25, 0.3) is 0 Å². The quantitative estimate of drug-likeness (QED) is 0.649. The van der Waals surface area contributed by atoms with Gasteiger partial charge in [0, 0.05) is 6.61 Å². The van der Waals surface area contributed by atoms with Gasteiger partial charge in [-0.2, -0.15) is 0 Å². The van der Waals surface area contributed by atoms with E-state index in [1.54, 1.807) is 0 Å². The third kappa shape index (κ3) is 1.55. The maximum absolute atomic E-state index is 6.28. The fraction of sp³-hybridized carbons (Fsp3) is 1.00. The summed E-state index contributed by atoms with van der Waals surface area (Å²) in [7, 11) is 0. The zero-order valence-electron chi connectivity index (χ0n) is 12.7. The van der Waals surface area contributed by atoms with Crippen LogP contribution >= 0.6 is 0 Å². The second-order valence-corrected chi connectivity index (χ2v) is 8.05. The topological polar surface area (TPSA) is 9.23 Å². The van der Waals surface area contributed by atoms with Gasteiger partial charge < -0.3 is 4.74 Å². The van der Waals surface area contributed by atoms with Gasteiger partial charge in [0.2, 0.25) is 0 Å². The van der Waals surface area contributed by atoms with Crippen molar-refractivity contribution in [3.8, 4) is 0 Å². The summed E-state index contributed by atoms with van der Waals surface area (Å²) in [5.41, 5.74) is 1.35. The van der Waals surface area contributed by atoms with Gasteiger partial charge in [-0.25, -0.2) is 0 Å². The van der Waals surface area contributed by atoms with E-state index in [0.29, 0.717) is 10.8 Å². The Bertz CT molecular complexity index is 335.